The van der Waals surface area contributed by atoms with Crippen molar-refractivity contribution in [3.63, 3.8) is 0 Å². The van der Waals surface area contributed by atoms with Crippen LogP contribution < -0.4 is 10.1 Å². The summed E-state index contributed by atoms with van der Waals surface area (Å²) in [6.07, 6.45) is 1.23. The molecule has 16 heavy (non-hydrogen) atoms. The first-order chi connectivity index (χ1) is 7.70. The van der Waals surface area contributed by atoms with Gasteiger partial charge in [-0.1, -0.05) is 22.9 Å². The van der Waals surface area contributed by atoms with E-state index in [2.05, 4.69) is 34.2 Å². The molecule has 88 valence electrons. The molecule has 0 bridgehead atoms. The molecule has 1 fully saturated rings. The number of thioether (sulfide) groups is 1. The second-order valence-corrected chi connectivity index (χ2v) is 6.42. The van der Waals surface area contributed by atoms with Crippen molar-refractivity contribution in [1.82, 2.24) is 5.32 Å². The first-order valence-electron chi connectivity index (χ1n) is 5.43. The van der Waals surface area contributed by atoms with Gasteiger partial charge in [-0.15, -0.1) is 11.8 Å². The van der Waals surface area contributed by atoms with Crippen molar-refractivity contribution < 1.29 is 4.74 Å². The maximum Gasteiger partial charge on any atom is 0.124 e. The van der Waals surface area contributed by atoms with Crippen molar-refractivity contribution in [2.45, 2.75) is 24.0 Å². The number of rotatable bonds is 2. The van der Waals surface area contributed by atoms with E-state index in [1.165, 1.54) is 12.0 Å². The summed E-state index contributed by atoms with van der Waals surface area (Å²) in [7, 11) is 1.73. The van der Waals surface area contributed by atoms with Crippen molar-refractivity contribution in [2.75, 3.05) is 13.7 Å². The molecule has 1 aliphatic heterocycles. The molecule has 1 saturated heterocycles. The van der Waals surface area contributed by atoms with Gasteiger partial charge in [0.1, 0.15) is 5.75 Å². The highest BCUT2D eigenvalue weighted by Gasteiger charge is 2.23. The number of methoxy groups -OCH3 is 1. The fourth-order valence-electron chi connectivity index (χ4n) is 1.86. The van der Waals surface area contributed by atoms with Gasteiger partial charge in [0.25, 0.3) is 0 Å². The fourth-order valence-corrected chi connectivity index (χ4v) is 3.50. The smallest absolute Gasteiger partial charge is 0.124 e. The minimum Gasteiger partial charge on any atom is -0.496 e. The molecule has 1 N–H and O–H groups in total. The predicted molar refractivity (Wildman–Crippen MR) is 73.1 cm³/mol. The van der Waals surface area contributed by atoms with Crippen LogP contribution >= 0.6 is 27.7 Å². The Bertz CT molecular complexity index is 372. The number of hydrogen-bond donors (Lipinski definition) is 1. The van der Waals surface area contributed by atoms with E-state index < -0.39 is 0 Å². The SMILES string of the molecule is COc1ccc(Br)cc1C1NCCC(C)S1. The Hall–Kier alpha value is -0.190. The van der Waals surface area contributed by atoms with Gasteiger partial charge in [-0.3, -0.25) is 0 Å². The molecule has 2 rings (SSSR count). The standard InChI is InChI=1S/C12H16BrNOS/c1-8-5-6-14-12(16-8)10-7-9(13)3-4-11(10)15-2/h3-4,7-8,12,14H,5-6H2,1-2H3. The second-order valence-electron chi connectivity index (χ2n) is 3.96. The van der Waals surface area contributed by atoms with E-state index in [4.69, 9.17) is 4.74 Å². The molecule has 2 atom stereocenters. The highest BCUT2D eigenvalue weighted by molar-refractivity contribution is 9.10. The third kappa shape index (κ3) is 2.73. The zero-order valence-corrected chi connectivity index (χ0v) is 11.9. The van der Waals surface area contributed by atoms with Gasteiger partial charge in [0.15, 0.2) is 0 Å². The van der Waals surface area contributed by atoms with E-state index >= 15 is 0 Å². The Morgan fingerprint density at radius 3 is 3.00 bits per heavy atom. The molecule has 0 spiro atoms. The summed E-state index contributed by atoms with van der Waals surface area (Å²) in [5, 5.41) is 4.58. The van der Waals surface area contributed by atoms with Gasteiger partial charge < -0.3 is 10.1 Å². The molecule has 1 heterocycles. The van der Waals surface area contributed by atoms with Gasteiger partial charge in [0.05, 0.1) is 12.5 Å². The van der Waals surface area contributed by atoms with Crippen LogP contribution in [0.3, 0.4) is 0 Å². The lowest BCUT2D eigenvalue weighted by Gasteiger charge is -2.29. The van der Waals surface area contributed by atoms with Crippen LogP contribution in [-0.2, 0) is 0 Å². The Balaban J connectivity index is 2.26. The number of ether oxygens (including phenoxy) is 1. The largest absolute Gasteiger partial charge is 0.496 e. The Morgan fingerprint density at radius 2 is 2.31 bits per heavy atom. The van der Waals surface area contributed by atoms with Crippen LogP contribution in [0.4, 0.5) is 0 Å². The van der Waals surface area contributed by atoms with Crippen molar-refractivity contribution in [3.05, 3.63) is 28.2 Å². The maximum atomic E-state index is 5.41. The molecule has 2 unspecified atom stereocenters. The van der Waals surface area contributed by atoms with E-state index in [-0.39, 0.29) is 0 Å². The highest BCUT2D eigenvalue weighted by Crippen LogP contribution is 2.39. The quantitative estimate of drug-likeness (QED) is 0.902. The maximum absolute atomic E-state index is 5.41. The van der Waals surface area contributed by atoms with Gasteiger partial charge in [0, 0.05) is 15.3 Å². The molecule has 0 saturated carbocycles. The summed E-state index contributed by atoms with van der Waals surface area (Å²) < 4.78 is 6.52. The lowest BCUT2D eigenvalue weighted by molar-refractivity contribution is 0.406. The Labute approximate surface area is 109 Å². The van der Waals surface area contributed by atoms with Gasteiger partial charge in [-0.25, -0.2) is 0 Å². The van der Waals surface area contributed by atoms with E-state index in [1.807, 2.05) is 23.9 Å². The molecule has 2 nitrogen and oxygen atoms in total. The summed E-state index contributed by atoms with van der Waals surface area (Å²) in [4.78, 5) is 0. The number of hydrogen-bond acceptors (Lipinski definition) is 3. The number of nitrogens with one attached hydrogen (secondary N) is 1. The van der Waals surface area contributed by atoms with Gasteiger partial charge in [-0.2, -0.15) is 0 Å². The van der Waals surface area contributed by atoms with E-state index in [0.717, 1.165) is 16.8 Å². The molecule has 0 radical (unpaired) electrons. The van der Waals surface area contributed by atoms with Crippen LogP contribution in [0.2, 0.25) is 0 Å². The van der Waals surface area contributed by atoms with Crippen LogP contribution in [0, 0.1) is 0 Å². The molecule has 1 aromatic carbocycles. The molecule has 1 aromatic rings. The predicted octanol–water partition coefficient (Wildman–Crippen LogP) is 3.57. The average Bonchev–Trinajstić information content (AvgIpc) is 2.29. The topological polar surface area (TPSA) is 21.3 Å². The van der Waals surface area contributed by atoms with Gasteiger partial charge in [-0.05, 0) is 31.2 Å². The van der Waals surface area contributed by atoms with E-state index in [0.29, 0.717) is 10.6 Å². The zero-order chi connectivity index (χ0) is 11.5. The second kappa shape index (κ2) is 5.43. The average molecular weight is 302 g/mol. The fraction of sp³-hybridized carbons (Fsp3) is 0.500. The van der Waals surface area contributed by atoms with Crippen LogP contribution in [-0.4, -0.2) is 18.9 Å². The lowest BCUT2D eigenvalue weighted by atomic mass is 10.2. The molecule has 0 amide bonds. The van der Waals surface area contributed by atoms with Crippen molar-refractivity contribution >= 4 is 27.7 Å². The number of halogens is 1. The van der Waals surface area contributed by atoms with Gasteiger partial charge >= 0.3 is 0 Å². The van der Waals surface area contributed by atoms with Crippen LogP contribution in [0.15, 0.2) is 22.7 Å². The normalized spacial score (nSPS) is 25.4. The zero-order valence-electron chi connectivity index (χ0n) is 9.50. The number of benzene rings is 1. The van der Waals surface area contributed by atoms with Crippen molar-refractivity contribution in [3.8, 4) is 5.75 Å². The summed E-state index contributed by atoms with van der Waals surface area (Å²) >= 11 is 5.48. The van der Waals surface area contributed by atoms with Crippen LogP contribution in [0.25, 0.3) is 0 Å². The third-order valence-electron chi connectivity index (χ3n) is 2.72. The minimum atomic E-state index is 0.344. The molecule has 0 aromatic heterocycles. The molecular formula is C12H16BrNOS. The van der Waals surface area contributed by atoms with Crippen LogP contribution in [0.1, 0.15) is 24.3 Å². The summed E-state index contributed by atoms with van der Waals surface area (Å²) in [5.41, 5.74) is 1.23. The monoisotopic (exact) mass is 301 g/mol. The first kappa shape index (κ1) is 12.3. The first-order valence-corrected chi connectivity index (χ1v) is 7.16. The summed E-state index contributed by atoms with van der Waals surface area (Å²) in [6, 6.07) is 6.17. The third-order valence-corrected chi connectivity index (χ3v) is 4.61. The van der Waals surface area contributed by atoms with E-state index in [9.17, 15) is 0 Å². The van der Waals surface area contributed by atoms with Crippen molar-refractivity contribution in [1.29, 1.82) is 0 Å². The lowest BCUT2D eigenvalue weighted by Crippen LogP contribution is -2.29. The van der Waals surface area contributed by atoms with Crippen LogP contribution in [0.5, 0.6) is 5.75 Å². The molecule has 0 aliphatic carbocycles. The molecular weight excluding hydrogens is 286 g/mol. The van der Waals surface area contributed by atoms with Crippen molar-refractivity contribution in [2.24, 2.45) is 0 Å². The highest BCUT2D eigenvalue weighted by atomic mass is 79.9. The molecule has 4 heteroatoms. The minimum absolute atomic E-state index is 0.344. The summed E-state index contributed by atoms with van der Waals surface area (Å²) in [6.45, 7) is 3.36. The van der Waals surface area contributed by atoms with E-state index in [1.54, 1.807) is 7.11 Å². The Morgan fingerprint density at radius 1 is 1.50 bits per heavy atom. The summed E-state index contributed by atoms with van der Waals surface area (Å²) in [5.74, 6) is 0.960. The Kier molecular flexibility index (Phi) is 4.16. The van der Waals surface area contributed by atoms with Gasteiger partial charge in [0.2, 0.25) is 0 Å². The molecule has 1 aliphatic rings.